The van der Waals surface area contributed by atoms with Crippen molar-refractivity contribution in [3.05, 3.63) is 35.6 Å². The molecule has 0 bridgehead atoms. The highest BCUT2D eigenvalue weighted by molar-refractivity contribution is 5.74. The predicted octanol–water partition coefficient (Wildman–Crippen LogP) is 2.71. The maximum atomic E-state index is 13.3. The van der Waals surface area contributed by atoms with E-state index < -0.39 is 0 Å². The summed E-state index contributed by atoms with van der Waals surface area (Å²) in [6, 6.07) is 6.35. The first-order chi connectivity index (χ1) is 10.2. The third-order valence-corrected chi connectivity index (χ3v) is 4.10. The lowest BCUT2D eigenvalue weighted by molar-refractivity contribution is -0.0155. The van der Waals surface area contributed by atoms with Crippen molar-refractivity contribution in [2.75, 3.05) is 26.2 Å². The molecule has 1 atom stereocenters. The number of carbonyl (C=O) groups is 1. The van der Waals surface area contributed by atoms with Crippen molar-refractivity contribution in [2.24, 2.45) is 5.92 Å². The number of hydrogen-bond acceptors (Lipinski definition) is 2. The van der Waals surface area contributed by atoms with Crippen LogP contribution in [-0.4, -0.2) is 37.2 Å². The van der Waals surface area contributed by atoms with Gasteiger partial charge in [0.05, 0.1) is 13.2 Å². The lowest BCUT2D eigenvalue weighted by Gasteiger charge is -2.33. The van der Waals surface area contributed by atoms with Gasteiger partial charge in [0.2, 0.25) is 0 Å². The summed E-state index contributed by atoms with van der Waals surface area (Å²) in [4.78, 5) is 13.9. The van der Waals surface area contributed by atoms with Crippen LogP contribution in [-0.2, 0) is 4.74 Å². The van der Waals surface area contributed by atoms with Crippen LogP contribution < -0.4 is 5.32 Å². The maximum Gasteiger partial charge on any atom is 0.317 e. The van der Waals surface area contributed by atoms with Gasteiger partial charge in [-0.05, 0) is 30.0 Å². The molecular formula is C16H21FN2O2. The number of urea groups is 1. The number of morpholine rings is 1. The quantitative estimate of drug-likeness (QED) is 0.927. The third-order valence-electron chi connectivity index (χ3n) is 4.10. The topological polar surface area (TPSA) is 41.6 Å². The van der Waals surface area contributed by atoms with Crippen LogP contribution in [0.4, 0.5) is 9.18 Å². The Hall–Kier alpha value is -1.62. The number of nitrogens with one attached hydrogen (secondary N) is 1. The molecule has 1 heterocycles. The number of amides is 2. The lowest BCUT2D eigenvalue weighted by Crippen LogP contribution is -2.47. The van der Waals surface area contributed by atoms with E-state index in [-0.39, 0.29) is 18.0 Å². The van der Waals surface area contributed by atoms with E-state index in [9.17, 15) is 9.18 Å². The Morgan fingerprint density at radius 1 is 1.43 bits per heavy atom. The number of halogens is 1. The molecule has 1 aliphatic heterocycles. The average molecular weight is 292 g/mol. The molecule has 21 heavy (non-hydrogen) atoms. The van der Waals surface area contributed by atoms with Crippen molar-refractivity contribution in [1.29, 1.82) is 0 Å². The minimum Gasteiger partial charge on any atom is -0.370 e. The van der Waals surface area contributed by atoms with Gasteiger partial charge < -0.3 is 15.0 Å². The minimum absolute atomic E-state index is 0.0413. The Kier molecular flexibility index (Phi) is 4.39. The first-order valence-corrected chi connectivity index (χ1v) is 7.62. The summed E-state index contributed by atoms with van der Waals surface area (Å²) in [5, 5.41) is 2.96. The highest BCUT2D eigenvalue weighted by Gasteiger charge is 2.26. The van der Waals surface area contributed by atoms with Crippen LogP contribution in [0.15, 0.2) is 24.3 Å². The van der Waals surface area contributed by atoms with Crippen molar-refractivity contribution >= 4 is 6.03 Å². The Morgan fingerprint density at radius 3 is 3.05 bits per heavy atom. The predicted molar refractivity (Wildman–Crippen MR) is 77.4 cm³/mol. The van der Waals surface area contributed by atoms with Gasteiger partial charge in [0.1, 0.15) is 11.9 Å². The molecule has 2 amide bonds. The van der Waals surface area contributed by atoms with Gasteiger partial charge in [-0.3, -0.25) is 0 Å². The second kappa shape index (κ2) is 6.43. The fourth-order valence-electron chi connectivity index (χ4n) is 2.64. The van der Waals surface area contributed by atoms with Crippen LogP contribution in [0.1, 0.15) is 30.9 Å². The maximum absolute atomic E-state index is 13.3. The first-order valence-electron chi connectivity index (χ1n) is 7.62. The molecule has 1 saturated heterocycles. The molecule has 1 unspecified atom stereocenters. The fourth-order valence-corrected chi connectivity index (χ4v) is 2.64. The van der Waals surface area contributed by atoms with Crippen molar-refractivity contribution in [2.45, 2.75) is 25.4 Å². The molecule has 0 aromatic heterocycles. The zero-order valence-electron chi connectivity index (χ0n) is 12.1. The van der Waals surface area contributed by atoms with E-state index in [0.717, 1.165) is 24.4 Å². The smallest absolute Gasteiger partial charge is 0.317 e. The lowest BCUT2D eigenvalue weighted by atomic mass is 10.1. The van der Waals surface area contributed by atoms with E-state index in [1.807, 2.05) is 6.07 Å². The molecule has 1 saturated carbocycles. The Bertz CT molecular complexity index is 505. The van der Waals surface area contributed by atoms with E-state index in [1.165, 1.54) is 25.0 Å². The van der Waals surface area contributed by atoms with Crippen LogP contribution in [0.2, 0.25) is 0 Å². The summed E-state index contributed by atoms with van der Waals surface area (Å²) in [7, 11) is 0. The molecule has 0 radical (unpaired) electrons. The normalized spacial score (nSPS) is 22.1. The second-order valence-electron chi connectivity index (χ2n) is 5.82. The van der Waals surface area contributed by atoms with Gasteiger partial charge in [-0.15, -0.1) is 0 Å². The van der Waals surface area contributed by atoms with Crippen molar-refractivity contribution in [1.82, 2.24) is 10.2 Å². The second-order valence-corrected chi connectivity index (χ2v) is 5.82. The van der Waals surface area contributed by atoms with Crippen LogP contribution in [0.3, 0.4) is 0 Å². The summed E-state index contributed by atoms with van der Waals surface area (Å²) in [6.45, 7) is 2.28. The van der Waals surface area contributed by atoms with Gasteiger partial charge >= 0.3 is 6.03 Å². The van der Waals surface area contributed by atoms with Crippen molar-refractivity contribution in [3.8, 4) is 0 Å². The fraction of sp³-hybridized carbons (Fsp3) is 0.562. The molecule has 5 heteroatoms. The zero-order chi connectivity index (χ0) is 14.7. The van der Waals surface area contributed by atoms with Crippen molar-refractivity contribution < 1.29 is 13.9 Å². The van der Waals surface area contributed by atoms with Gasteiger partial charge in [-0.25, -0.2) is 9.18 Å². The highest BCUT2D eigenvalue weighted by atomic mass is 19.1. The van der Waals surface area contributed by atoms with Gasteiger partial charge in [0.15, 0.2) is 0 Å². The number of hydrogen-bond donors (Lipinski definition) is 1. The number of ether oxygens (including phenoxy) is 1. The Balaban J connectivity index is 1.53. The molecule has 1 N–H and O–H groups in total. The molecule has 1 aromatic carbocycles. The Labute approximate surface area is 124 Å². The monoisotopic (exact) mass is 292 g/mol. The van der Waals surface area contributed by atoms with E-state index >= 15 is 0 Å². The van der Waals surface area contributed by atoms with E-state index in [4.69, 9.17) is 4.74 Å². The molecule has 2 fully saturated rings. The Morgan fingerprint density at radius 2 is 2.29 bits per heavy atom. The van der Waals surface area contributed by atoms with E-state index in [1.54, 1.807) is 11.0 Å². The summed E-state index contributed by atoms with van der Waals surface area (Å²) >= 11 is 0. The van der Waals surface area contributed by atoms with Crippen molar-refractivity contribution in [3.63, 3.8) is 0 Å². The summed E-state index contributed by atoms with van der Waals surface area (Å²) in [5.74, 6) is 0.539. The number of nitrogens with zero attached hydrogens (tertiary/aromatic N) is 1. The zero-order valence-corrected chi connectivity index (χ0v) is 12.1. The minimum atomic E-state index is -0.276. The number of benzene rings is 1. The third kappa shape index (κ3) is 3.94. The first kappa shape index (κ1) is 14.3. The van der Waals surface area contributed by atoms with Gasteiger partial charge in [-0.2, -0.15) is 0 Å². The molecule has 4 nitrogen and oxygen atoms in total. The average Bonchev–Trinajstić information content (AvgIpc) is 3.31. The molecular weight excluding hydrogens is 271 g/mol. The SMILES string of the molecule is O=C(NCCC1CC1)N1CCOC(c2cccc(F)c2)C1. The standard InChI is InChI=1S/C16H21FN2O2/c17-14-3-1-2-13(10-14)15-11-19(8-9-21-15)16(20)18-7-6-12-4-5-12/h1-3,10,12,15H,4-9,11H2,(H,18,20). The van der Waals surface area contributed by atoms with E-state index in [2.05, 4.69) is 5.32 Å². The number of rotatable bonds is 4. The van der Waals surface area contributed by atoms with E-state index in [0.29, 0.717) is 19.7 Å². The summed E-state index contributed by atoms with van der Waals surface area (Å²) in [5.41, 5.74) is 0.783. The van der Waals surface area contributed by atoms with Crippen LogP contribution in [0.5, 0.6) is 0 Å². The van der Waals surface area contributed by atoms with Crippen LogP contribution >= 0.6 is 0 Å². The largest absolute Gasteiger partial charge is 0.370 e. The molecule has 2 aliphatic rings. The highest BCUT2D eigenvalue weighted by Crippen LogP contribution is 2.31. The number of carbonyl (C=O) groups excluding carboxylic acids is 1. The molecule has 1 aromatic rings. The molecule has 1 aliphatic carbocycles. The van der Waals surface area contributed by atoms with Crippen LogP contribution in [0, 0.1) is 11.7 Å². The van der Waals surface area contributed by atoms with Crippen LogP contribution in [0.25, 0.3) is 0 Å². The molecule has 0 spiro atoms. The van der Waals surface area contributed by atoms with Gasteiger partial charge in [0, 0.05) is 13.1 Å². The van der Waals surface area contributed by atoms with Gasteiger partial charge in [0.25, 0.3) is 0 Å². The summed E-state index contributed by atoms with van der Waals surface area (Å²) in [6.07, 6.45) is 3.43. The summed E-state index contributed by atoms with van der Waals surface area (Å²) < 4.78 is 18.9. The molecule has 3 rings (SSSR count). The molecule has 114 valence electrons. The van der Waals surface area contributed by atoms with Gasteiger partial charge in [-0.1, -0.05) is 25.0 Å².